The van der Waals surface area contributed by atoms with Crippen LogP contribution in [0.2, 0.25) is 10.0 Å². The highest BCUT2D eigenvalue weighted by molar-refractivity contribution is 7.98. The van der Waals surface area contributed by atoms with Crippen LogP contribution in [0.1, 0.15) is 54.9 Å². The quantitative estimate of drug-likeness (QED) is 0.294. The molecule has 3 aromatic rings. The van der Waals surface area contributed by atoms with Crippen molar-refractivity contribution < 1.29 is 9.18 Å². The molecule has 0 amide bonds. The first kappa shape index (κ1) is 29.3. The normalized spacial score (nSPS) is 18.4. The predicted octanol–water partition coefficient (Wildman–Crippen LogP) is 8.98. The number of ketones is 1. The molecule has 2 N–H and O–H groups in total. The second kappa shape index (κ2) is 11.2. The molecule has 1 heterocycles. The van der Waals surface area contributed by atoms with Crippen LogP contribution in [0.3, 0.4) is 0 Å². The van der Waals surface area contributed by atoms with E-state index in [2.05, 4.69) is 32.0 Å². The fourth-order valence-corrected chi connectivity index (χ4v) is 7.41. The molecule has 0 aromatic heterocycles. The molecule has 2 aliphatic rings. The van der Waals surface area contributed by atoms with Crippen molar-refractivity contribution in [2.45, 2.75) is 57.1 Å². The molecule has 0 saturated carbocycles. The zero-order valence-corrected chi connectivity index (χ0v) is 25.6. The van der Waals surface area contributed by atoms with E-state index in [9.17, 15) is 14.4 Å². The second-order valence-corrected chi connectivity index (χ2v) is 13.3. The monoisotopic (exact) mass is 605 g/mol. The number of nitrogens with zero attached hydrogens (tertiary/aromatic N) is 2. The highest BCUT2D eigenvalue weighted by Gasteiger charge is 2.45. The first-order valence-corrected chi connectivity index (χ1v) is 15.0. The van der Waals surface area contributed by atoms with Crippen LogP contribution in [0.15, 0.2) is 82.2 Å². The SMILES string of the molecule is Cc1cc(CSc2cc(Cl)ccc2Cl)c(C)c(C2C(C#N)=C(N)N(c3ccc(F)cc3)C3=C2C(=O)CC(C)(C)C3)c1. The third-order valence-electron chi connectivity index (χ3n) is 7.75. The first-order chi connectivity index (χ1) is 19.4. The van der Waals surface area contributed by atoms with E-state index in [0.29, 0.717) is 45.5 Å². The summed E-state index contributed by atoms with van der Waals surface area (Å²) in [6, 6.07) is 17.9. The lowest BCUT2D eigenvalue weighted by Crippen LogP contribution is -2.42. The summed E-state index contributed by atoms with van der Waals surface area (Å²) in [6.07, 6.45) is 0.946. The molecule has 1 aliphatic heterocycles. The molecule has 5 rings (SSSR count). The van der Waals surface area contributed by atoms with Gasteiger partial charge >= 0.3 is 0 Å². The minimum absolute atomic E-state index is 0.00356. The minimum Gasteiger partial charge on any atom is -0.384 e. The highest BCUT2D eigenvalue weighted by Crippen LogP contribution is 2.51. The van der Waals surface area contributed by atoms with Crippen molar-refractivity contribution in [3.8, 4) is 6.07 Å². The lowest BCUT2D eigenvalue weighted by molar-refractivity contribution is -0.118. The van der Waals surface area contributed by atoms with Crippen molar-refractivity contribution in [3.63, 3.8) is 0 Å². The molecule has 1 aliphatic carbocycles. The van der Waals surface area contributed by atoms with E-state index < -0.39 is 5.92 Å². The molecule has 3 aromatic carbocycles. The molecule has 1 unspecified atom stereocenters. The molecular formula is C33H30Cl2FN3OS. The number of carbonyl (C=O) groups excluding carboxylic acids is 1. The van der Waals surface area contributed by atoms with E-state index in [4.69, 9.17) is 28.9 Å². The van der Waals surface area contributed by atoms with Crippen LogP contribution in [-0.4, -0.2) is 5.78 Å². The maximum absolute atomic E-state index is 13.9. The Kier molecular flexibility index (Phi) is 8.00. The van der Waals surface area contributed by atoms with Crippen LogP contribution in [0.4, 0.5) is 10.1 Å². The number of hydrogen-bond acceptors (Lipinski definition) is 5. The van der Waals surface area contributed by atoms with Gasteiger partial charge in [-0.1, -0.05) is 54.7 Å². The third-order valence-corrected chi connectivity index (χ3v) is 9.53. The molecule has 0 saturated heterocycles. The minimum atomic E-state index is -0.603. The predicted molar refractivity (Wildman–Crippen MR) is 165 cm³/mol. The van der Waals surface area contributed by atoms with Gasteiger partial charge in [0.1, 0.15) is 11.6 Å². The average Bonchev–Trinajstić information content (AvgIpc) is 2.90. The number of rotatable bonds is 5. The highest BCUT2D eigenvalue weighted by atomic mass is 35.5. The van der Waals surface area contributed by atoms with Crippen molar-refractivity contribution >= 4 is 46.4 Å². The number of aryl methyl sites for hydroxylation is 1. The van der Waals surface area contributed by atoms with Crippen molar-refractivity contribution in [2.75, 3.05) is 4.90 Å². The number of halogens is 3. The van der Waals surface area contributed by atoms with Gasteiger partial charge in [-0.15, -0.1) is 11.8 Å². The van der Waals surface area contributed by atoms with Gasteiger partial charge in [-0.25, -0.2) is 4.39 Å². The molecule has 0 spiro atoms. The van der Waals surface area contributed by atoms with Gasteiger partial charge in [0.15, 0.2) is 5.78 Å². The van der Waals surface area contributed by atoms with Crippen LogP contribution in [0.25, 0.3) is 0 Å². The Hall–Kier alpha value is -3.24. The molecule has 210 valence electrons. The lowest BCUT2D eigenvalue weighted by atomic mass is 9.68. The fraction of sp³-hybridized carbons (Fsp3) is 0.273. The number of anilines is 1. The summed E-state index contributed by atoms with van der Waals surface area (Å²) in [6.45, 7) is 8.15. The Balaban J connectivity index is 1.66. The van der Waals surface area contributed by atoms with E-state index >= 15 is 0 Å². The van der Waals surface area contributed by atoms with Gasteiger partial charge in [-0.05, 0) is 84.8 Å². The topological polar surface area (TPSA) is 70.1 Å². The zero-order chi connectivity index (χ0) is 29.6. The molecule has 41 heavy (non-hydrogen) atoms. The second-order valence-electron chi connectivity index (χ2n) is 11.5. The van der Waals surface area contributed by atoms with Gasteiger partial charge in [0.25, 0.3) is 0 Å². The van der Waals surface area contributed by atoms with E-state index in [0.717, 1.165) is 32.8 Å². The number of thioether (sulfide) groups is 1. The summed E-state index contributed by atoms with van der Waals surface area (Å²) in [7, 11) is 0. The Labute approximate surface area is 254 Å². The van der Waals surface area contributed by atoms with Crippen LogP contribution in [0.5, 0.6) is 0 Å². The van der Waals surface area contributed by atoms with Crippen LogP contribution < -0.4 is 10.6 Å². The number of Topliss-reactive ketones (excluding diaryl/α,β-unsaturated/α-hetero) is 1. The summed E-state index contributed by atoms with van der Waals surface area (Å²) >= 11 is 14.2. The standard InChI is InChI=1S/C33H30Cl2FN3OS/c1-18-11-20(17-41-29-13-21(34)5-10-26(29)35)19(2)24(12-18)30-25(16-37)32(38)39(23-8-6-22(36)7-9-23)27-14-33(3,4)15-28(40)31(27)30/h5-13,30H,14-15,17,38H2,1-4H3. The van der Waals surface area contributed by atoms with E-state index in [-0.39, 0.29) is 22.8 Å². The molecule has 8 heteroatoms. The van der Waals surface area contributed by atoms with Crippen LogP contribution in [-0.2, 0) is 10.5 Å². The maximum Gasteiger partial charge on any atom is 0.162 e. The van der Waals surface area contributed by atoms with Gasteiger partial charge in [-0.3, -0.25) is 9.69 Å². The third kappa shape index (κ3) is 5.64. The first-order valence-electron chi connectivity index (χ1n) is 13.3. The van der Waals surface area contributed by atoms with Crippen molar-refractivity contribution in [1.82, 2.24) is 0 Å². The summed E-state index contributed by atoms with van der Waals surface area (Å²) in [5.41, 5.74) is 12.7. The Bertz CT molecular complexity index is 1670. The number of nitriles is 1. The number of hydrogen-bond donors (Lipinski definition) is 1. The maximum atomic E-state index is 13.9. The average molecular weight is 607 g/mol. The fourth-order valence-electron chi connectivity index (χ4n) is 5.86. The number of benzene rings is 3. The molecule has 1 atom stereocenters. The summed E-state index contributed by atoms with van der Waals surface area (Å²) in [5.74, 6) is -0.0928. The van der Waals surface area contributed by atoms with E-state index in [1.165, 1.54) is 12.1 Å². The van der Waals surface area contributed by atoms with E-state index in [1.54, 1.807) is 40.9 Å². The molecular weight excluding hydrogens is 576 g/mol. The molecule has 0 radical (unpaired) electrons. The lowest BCUT2D eigenvalue weighted by Gasteiger charge is -2.44. The van der Waals surface area contributed by atoms with Gasteiger partial charge in [0, 0.05) is 39.0 Å². The van der Waals surface area contributed by atoms with Gasteiger partial charge < -0.3 is 5.73 Å². The summed E-state index contributed by atoms with van der Waals surface area (Å²) in [4.78, 5) is 16.6. The number of allylic oxidation sites excluding steroid dienone is 3. The number of nitrogens with two attached hydrogens (primary N) is 1. The van der Waals surface area contributed by atoms with Crippen LogP contribution >= 0.6 is 35.0 Å². The summed E-state index contributed by atoms with van der Waals surface area (Å²) in [5, 5.41) is 11.7. The molecule has 0 fully saturated rings. The molecule has 4 nitrogen and oxygen atoms in total. The number of carbonyl (C=O) groups is 1. The largest absolute Gasteiger partial charge is 0.384 e. The van der Waals surface area contributed by atoms with Gasteiger partial charge in [0.2, 0.25) is 0 Å². The van der Waals surface area contributed by atoms with Gasteiger partial charge in [-0.2, -0.15) is 5.26 Å². The zero-order valence-electron chi connectivity index (χ0n) is 23.3. The van der Waals surface area contributed by atoms with Crippen molar-refractivity contribution in [1.29, 1.82) is 5.26 Å². The molecule has 0 bridgehead atoms. The Morgan fingerprint density at radius 1 is 1.10 bits per heavy atom. The van der Waals surface area contributed by atoms with Gasteiger partial charge in [0.05, 0.1) is 22.6 Å². The van der Waals surface area contributed by atoms with Crippen molar-refractivity contribution in [3.05, 3.63) is 115 Å². The Morgan fingerprint density at radius 2 is 1.80 bits per heavy atom. The van der Waals surface area contributed by atoms with Crippen molar-refractivity contribution in [2.24, 2.45) is 11.1 Å². The smallest absolute Gasteiger partial charge is 0.162 e. The van der Waals surface area contributed by atoms with Crippen LogP contribution in [0, 0.1) is 36.4 Å². The Morgan fingerprint density at radius 3 is 2.49 bits per heavy atom. The summed E-state index contributed by atoms with van der Waals surface area (Å²) < 4.78 is 13.8. The van der Waals surface area contributed by atoms with E-state index in [1.807, 2.05) is 19.9 Å².